The minimum absolute atomic E-state index is 0.311. The van der Waals surface area contributed by atoms with Gasteiger partial charge in [0, 0.05) is 32.9 Å². The van der Waals surface area contributed by atoms with Crippen LogP contribution in [0.1, 0.15) is 78.6 Å². The lowest BCUT2D eigenvalue weighted by Gasteiger charge is -2.14. The maximum Gasteiger partial charge on any atom is 0.104 e. The first-order valence-electron chi connectivity index (χ1n) is 12.7. The Bertz CT molecular complexity index is 498. The van der Waals surface area contributed by atoms with Gasteiger partial charge in [0.25, 0.3) is 0 Å². The highest BCUT2D eigenvalue weighted by Crippen LogP contribution is 2.11. The van der Waals surface area contributed by atoms with Crippen LogP contribution in [0.15, 0.2) is 36.0 Å². The summed E-state index contributed by atoms with van der Waals surface area (Å²) in [6.07, 6.45) is 19.8. The standard InChI is InChI=1S/C14H22O2.C10H21NO2.C2H6.CHN/c15-11-7-3-4-8-12-16-13-14-9-5-1-2-6-10-14;1-2-3-4-10(12)11-7-9-5-6-13-8-9;2*1-2/h1-2,5,9-10,15H,3-4,6-8,11-13H2;9-12H,2-8H2,1H3;1-2H3;1H. The molecule has 0 saturated carbocycles. The molecule has 1 heterocycles. The molecule has 3 N–H and O–H groups in total. The third-order valence-corrected chi connectivity index (χ3v) is 5.04. The summed E-state index contributed by atoms with van der Waals surface area (Å²) in [5.41, 5.74) is 1.26. The fraction of sp³-hybridized carbons (Fsp3) is 0.741. The van der Waals surface area contributed by atoms with Gasteiger partial charge in [0.2, 0.25) is 0 Å². The number of aliphatic hydroxyl groups excluding tert-OH is 2. The van der Waals surface area contributed by atoms with E-state index < -0.39 is 0 Å². The molecule has 1 fully saturated rings. The van der Waals surface area contributed by atoms with Crippen molar-refractivity contribution in [3.05, 3.63) is 36.0 Å². The molecule has 0 radical (unpaired) electrons. The van der Waals surface area contributed by atoms with Crippen LogP contribution in [0.4, 0.5) is 0 Å². The normalized spacial score (nSPS) is 17.3. The Balaban J connectivity index is 0. The lowest BCUT2D eigenvalue weighted by Crippen LogP contribution is -2.33. The van der Waals surface area contributed by atoms with Crippen LogP contribution in [0.25, 0.3) is 0 Å². The first-order valence-corrected chi connectivity index (χ1v) is 12.7. The van der Waals surface area contributed by atoms with Crippen LogP contribution < -0.4 is 5.32 Å². The van der Waals surface area contributed by atoms with Gasteiger partial charge in [-0.25, -0.2) is 5.26 Å². The minimum Gasteiger partial charge on any atom is -0.396 e. The van der Waals surface area contributed by atoms with E-state index in [1.165, 1.54) is 5.57 Å². The molecule has 0 aromatic carbocycles. The second kappa shape index (κ2) is 28.5. The zero-order chi connectivity index (χ0) is 25.0. The molecule has 1 aliphatic heterocycles. The molecule has 6 heteroatoms. The first kappa shape index (κ1) is 33.7. The van der Waals surface area contributed by atoms with Crippen molar-refractivity contribution in [2.45, 2.75) is 84.8 Å². The van der Waals surface area contributed by atoms with Gasteiger partial charge in [-0.05, 0) is 50.0 Å². The van der Waals surface area contributed by atoms with Gasteiger partial charge in [0.05, 0.1) is 13.2 Å². The van der Waals surface area contributed by atoms with Crippen LogP contribution in [0, 0.1) is 17.8 Å². The Labute approximate surface area is 203 Å². The second-order valence-corrected chi connectivity index (χ2v) is 7.79. The Morgan fingerprint density at radius 1 is 1.18 bits per heavy atom. The third kappa shape index (κ3) is 23.5. The minimum atomic E-state index is -0.319. The van der Waals surface area contributed by atoms with Crippen LogP contribution in [0.2, 0.25) is 0 Å². The maximum absolute atomic E-state index is 9.49. The zero-order valence-electron chi connectivity index (χ0n) is 21.4. The van der Waals surface area contributed by atoms with Gasteiger partial charge in [0.15, 0.2) is 0 Å². The van der Waals surface area contributed by atoms with E-state index in [1.54, 1.807) is 0 Å². The number of nitrogens with zero attached hydrogens (tertiary/aromatic N) is 1. The number of allylic oxidation sites excluding steroid dienone is 4. The van der Waals surface area contributed by atoms with Crippen LogP contribution in [-0.4, -0.2) is 56.0 Å². The summed E-state index contributed by atoms with van der Waals surface area (Å²) in [6, 6.07) is 0. The summed E-state index contributed by atoms with van der Waals surface area (Å²) in [4.78, 5) is 0. The summed E-state index contributed by atoms with van der Waals surface area (Å²) >= 11 is 0. The van der Waals surface area contributed by atoms with E-state index in [0.717, 1.165) is 90.8 Å². The molecule has 2 unspecified atom stereocenters. The highest BCUT2D eigenvalue weighted by molar-refractivity contribution is 5.26. The van der Waals surface area contributed by atoms with Gasteiger partial charge in [0.1, 0.15) is 6.23 Å². The van der Waals surface area contributed by atoms with Gasteiger partial charge in [-0.3, -0.25) is 5.32 Å². The van der Waals surface area contributed by atoms with Crippen LogP contribution >= 0.6 is 0 Å². The molecular weight excluding hydrogens is 416 g/mol. The van der Waals surface area contributed by atoms with Gasteiger partial charge in [-0.15, -0.1) is 0 Å². The molecule has 192 valence electrons. The fourth-order valence-corrected chi connectivity index (χ4v) is 3.14. The molecule has 0 spiro atoms. The van der Waals surface area contributed by atoms with Crippen LogP contribution in [0.3, 0.4) is 0 Å². The van der Waals surface area contributed by atoms with Crippen molar-refractivity contribution >= 4 is 0 Å². The number of nitriles is 1. The highest BCUT2D eigenvalue weighted by atomic mass is 16.5. The summed E-state index contributed by atoms with van der Waals surface area (Å²) < 4.78 is 10.8. The van der Waals surface area contributed by atoms with E-state index >= 15 is 0 Å². The number of unbranched alkanes of at least 4 members (excludes halogenated alkanes) is 4. The Morgan fingerprint density at radius 2 is 1.94 bits per heavy atom. The van der Waals surface area contributed by atoms with E-state index in [2.05, 4.69) is 49.2 Å². The van der Waals surface area contributed by atoms with Gasteiger partial charge >= 0.3 is 0 Å². The Morgan fingerprint density at radius 3 is 2.61 bits per heavy atom. The monoisotopic (exact) mass is 466 g/mol. The molecule has 0 bridgehead atoms. The van der Waals surface area contributed by atoms with Crippen molar-refractivity contribution in [2.24, 2.45) is 5.92 Å². The Kier molecular flexibility index (Phi) is 29.1. The molecule has 0 amide bonds. The number of rotatable bonds is 14. The molecule has 0 aromatic rings. The lowest BCUT2D eigenvalue weighted by molar-refractivity contribution is 0.116. The first-order chi connectivity index (χ1) is 16.3. The van der Waals surface area contributed by atoms with Crippen molar-refractivity contribution < 1.29 is 19.7 Å². The van der Waals surface area contributed by atoms with Gasteiger partial charge in [-0.2, -0.15) is 0 Å². The van der Waals surface area contributed by atoms with E-state index in [9.17, 15) is 5.11 Å². The van der Waals surface area contributed by atoms with Crippen LogP contribution in [0.5, 0.6) is 0 Å². The molecule has 2 aliphatic rings. The number of hydrogen-bond donors (Lipinski definition) is 3. The molecule has 33 heavy (non-hydrogen) atoms. The summed E-state index contributed by atoms with van der Waals surface area (Å²) in [7, 11) is 0. The summed E-state index contributed by atoms with van der Waals surface area (Å²) in [5, 5.41) is 27.7. The molecule has 6 nitrogen and oxygen atoms in total. The molecule has 1 aliphatic carbocycles. The van der Waals surface area contributed by atoms with Crippen molar-refractivity contribution in [1.29, 1.82) is 5.26 Å². The van der Waals surface area contributed by atoms with E-state index in [1.807, 2.05) is 13.8 Å². The van der Waals surface area contributed by atoms with Crippen molar-refractivity contribution in [3.63, 3.8) is 0 Å². The summed E-state index contributed by atoms with van der Waals surface area (Å²) in [6.45, 7) is 14.1. The molecule has 1 saturated heterocycles. The number of aliphatic hydroxyl groups is 2. The molecule has 0 aromatic heterocycles. The quantitative estimate of drug-likeness (QED) is 0.238. The van der Waals surface area contributed by atoms with E-state index in [0.29, 0.717) is 12.5 Å². The van der Waals surface area contributed by atoms with Crippen molar-refractivity contribution in [3.8, 4) is 6.57 Å². The smallest absolute Gasteiger partial charge is 0.104 e. The number of nitrogens with one attached hydrogen (secondary N) is 1. The molecule has 2 atom stereocenters. The fourth-order valence-electron chi connectivity index (χ4n) is 3.14. The zero-order valence-corrected chi connectivity index (χ0v) is 21.4. The highest BCUT2D eigenvalue weighted by Gasteiger charge is 2.16. The van der Waals surface area contributed by atoms with Gasteiger partial charge < -0.3 is 19.7 Å². The lowest BCUT2D eigenvalue weighted by atomic mass is 10.1. The number of ether oxygens (including phenoxy) is 2. The van der Waals surface area contributed by atoms with Crippen LogP contribution in [-0.2, 0) is 9.47 Å². The average Bonchev–Trinajstić information content (AvgIpc) is 3.26. The Hall–Kier alpha value is -1.49. The van der Waals surface area contributed by atoms with Crippen molar-refractivity contribution in [1.82, 2.24) is 5.32 Å². The van der Waals surface area contributed by atoms with E-state index in [4.69, 9.17) is 19.8 Å². The largest absolute Gasteiger partial charge is 0.396 e. The molecule has 2 rings (SSSR count). The summed E-state index contributed by atoms with van der Waals surface area (Å²) in [5.74, 6) is 0.608. The van der Waals surface area contributed by atoms with Gasteiger partial charge in [-0.1, -0.05) is 70.4 Å². The van der Waals surface area contributed by atoms with Crippen molar-refractivity contribution in [2.75, 3.05) is 39.6 Å². The average molecular weight is 467 g/mol. The topological polar surface area (TPSA) is 94.7 Å². The second-order valence-electron chi connectivity index (χ2n) is 7.79. The third-order valence-electron chi connectivity index (χ3n) is 5.04. The van der Waals surface area contributed by atoms with E-state index in [-0.39, 0.29) is 6.23 Å². The number of hydrogen-bond acceptors (Lipinski definition) is 6. The maximum atomic E-state index is 9.49. The molecular formula is C27H50N2O4. The predicted octanol–water partition coefficient (Wildman–Crippen LogP) is 5.29. The predicted molar refractivity (Wildman–Crippen MR) is 138 cm³/mol. The SMILES string of the molecule is C#N.CC.CCCCC(O)NCC1CCOC1.OCCCCCCOCC1=CCC=CC=C1.